The number of carbonyl (C=O) groups is 1. The van der Waals surface area contributed by atoms with Gasteiger partial charge in [0, 0.05) is 24.5 Å². The van der Waals surface area contributed by atoms with Gasteiger partial charge < -0.3 is 5.32 Å². The fourth-order valence-electron chi connectivity index (χ4n) is 2.30. The van der Waals surface area contributed by atoms with E-state index in [1.807, 2.05) is 11.4 Å². The topological polar surface area (TPSA) is 32.3 Å². The number of hydrogen-bond donors (Lipinski definition) is 1. The molecule has 1 saturated heterocycles. The number of amides is 1. The number of hydrogen-bond acceptors (Lipinski definition) is 3. The summed E-state index contributed by atoms with van der Waals surface area (Å²) in [6.07, 6.45) is 2.69. The third kappa shape index (κ3) is 1.99. The number of rotatable bonds is 3. The van der Waals surface area contributed by atoms with Crippen LogP contribution in [0.25, 0.3) is 0 Å². The minimum Gasteiger partial charge on any atom is -0.353 e. The highest BCUT2D eigenvalue weighted by Gasteiger charge is 2.35. The maximum atomic E-state index is 12.0. The second kappa shape index (κ2) is 4.18. The Labute approximate surface area is 99.5 Å². The summed E-state index contributed by atoms with van der Waals surface area (Å²) in [7, 11) is 0. The first-order chi connectivity index (χ1) is 7.84. The number of piperazine rings is 1. The fourth-order valence-corrected chi connectivity index (χ4v) is 3.16. The number of nitrogens with zero attached hydrogens (tertiary/aromatic N) is 1. The van der Waals surface area contributed by atoms with Gasteiger partial charge in [-0.15, -0.1) is 11.3 Å². The second-order valence-electron chi connectivity index (χ2n) is 4.65. The molecule has 0 aromatic carbocycles. The maximum Gasteiger partial charge on any atom is 0.242 e. The molecule has 1 atom stereocenters. The van der Waals surface area contributed by atoms with Crippen molar-refractivity contribution in [3.63, 3.8) is 0 Å². The summed E-state index contributed by atoms with van der Waals surface area (Å²) in [6.45, 7) is 2.88. The first-order valence-electron chi connectivity index (χ1n) is 5.90. The van der Waals surface area contributed by atoms with E-state index in [4.69, 9.17) is 0 Å². The van der Waals surface area contributed by atoms with Crippen molar-refractivity contribution in [1.29, 1.82) is 0 Å². The Morgan fingerprint density at radius 2 is 2.38 bits per heavy atom. The molecule has 16 heavy (non-hydrogen) atoms. The molecule has 1 amide bonds. The molecule has 86 valence electrons. The Bertz CT molecular complexity index is 372. The van der Waals surface area contributed by atoms with Crippen LogP contribution in [0.15, 0.2) is 17.5 Å². The quantitative estimate of drug-likeness (QED) is 0.865. The smallest absolute Gasteiger partial charge is 0.242 e. The average Bonchev–Trinajstić information content (AvgIpc) is 2.93. The van der Waals surface area contributed by atoms with Gasteiger partial charge in [0.2, 0.25) is 5.91 Å². The van der Waals surface area contributed by atoms with Crippen LogP contribution in [0.4, 0.5) is 0 Å². The zero-order valence-electron chi connectivity index (χ0n) is 9.19. The lowest BCUT2D eigenvalue weighted by Gasteiger charge is -2.34. The van der Waals surface area contributed by atoms with Crippen LogP contribution in [0.5, 0.6) is 0 Å². The molecule has 1 aromatic rings. The molecule has 1 unspecified atom stereocenters. The number of carbonyl (C=O) groups excluding carboxylic acids is 1. The van der Waals surface area contributed by atoms with Crippen LogP contribution >= 0.6 is 11.3 Å². The molecule has 1 aliphatic carbocycles. The summed E-state index contributed by atoms with van der Waals surface area (Å²) in [4.78, 5) is 15.5. The molecule has 0 bridgehead atoms. The summed E-state index contributed by atoms with van der Waals surface area (Å²) in [5.74, 6) is 1.02. The van der Waals surface area contributed by atoms with Gasteiger partial charge in [0.05, 0.1) is 0 Å². The summed E-state index contributed by atoms with van der Waals surface area (Å²) in [5.41, 5.74) is 0. The van der Waals surface area contributed by atoms with Crippen molar-refractivity contribution >= 4 is 17.2 Å². The van der Waals surface area contributed by atoms with E-state index in [1.54, 1.807) is 11.3 Å². The highest BCUT2D eigenvalue weighted by atomic mass is 32.1. The first kappa shape index (κ1) is 10.3. The molecular weight excluding hydrogens is 220 g/mol. The Hall–Kier alpha value is -0.870. The lowest BCUT2D eigenvalue weighted by atomic mass is 10.1. The minimum atomic E-state index is -0.0330. The maximum absolute atomic E-state index is 12.0. The lowest BCUT2D eigenvalue weighted by molar-refractivity contribution is -0.129. The molecular formula is C12H16N2OS. The van der Waals surface area contributed by atoms with Crippen molar-refractivity contribution in [1.82, 2.24) is 10.2 Å². The van der Waals surface area contributed by atoms with Crippen molar-refractivity contribution < 1.29 is 4.79 Å². The molecule has 1 N–H and O–H groups in total. The Morgan fingerprint density at radius 1 is 1.50 bits per heavy atom. The van der Waals surface area contributed by atoms with E-state index in [0.29, 0.717) is 0 Å². The van der Waals surface area contributed by atoms with Crippen LogP contribution < -0.4 is 5.32 Å². The third-order valence-electron chi connectivity index (χ3n) is 3.31. The van der Waals surface area contributed by atoms with Gasteiger partial charge in [-0.2, -0.15) is 0 Å². The molecule has 1 saturated carbocycles. The van der Waals surface area contributed by atoms with E-state index in [9.17, 15) is 4.79 Å². The highest BCUT2D eigenvalue weighted by Crippen LogP contribution is 2.34. The molecule has 4 heteroatoms. The van der Waals surface area contributed by atoms with Crippen molar-refractivity contribution in [2.45, 2.75) is 18.9 Å². The Balaban J connectivity index is 1.80. The van der Waals surface area contributed by atoms with E-state index >= 15 is 0 Å². The van der Waals surface area contributed by atoms with Gasteiger partial charge in [-0.05, 0) is 30.2 Å². The van der Waals surface area contributed by atoms with Crippen LogP contribution in [0.1, 0.15) is 23.8 Å². The highest BCUT2D eigenvalue weighted by molar-refractivity contribution is 7.10. The van der Waals surface area contributed by atoms with E-state index < -0.39 is 0 Å². The number of nitrogens with one attached hydrogen (secondary N) is 1. The van der Waals surface area contributed by atoms with Crippen LogP contribution in [0.3, 0.4) is 0 Å². The second-order valence-corrected chi connectivity index (χ2v) is 5.63. The monoisotopic (exact) mass is 236 g/mol. The van der Waals surface area contributed by atoms with Gasteiger partial charge in [0.15, 0.2) is 0 Å². The molecule has 0 radical (unpaired) electrons. The molecule has 0 spiro atoms. The molecule has 1 aromatic heterocycles. The van der Waals surface area contributed by atoms with Gasteiger partial charge >= 0.3 is 0 Å². The van der Waals surface area contributed by atoms with Crippen LogP contribution in [-0.4, -0.2) is 30.4 Å². The van der Waals surface area contributed by atoms with E-state index in [0.717, 1.165) is 25.6 Å². The first-order valence-corrected chi connectivity index (χ1v) is 6.78. The minimum absolute atomic E-state index is 0.0330. The van der Waals surface area contributed by atoms with E-state index in [2.05, 4.69) is 16.3 Å². The fraction of sp³-hybridized carbons (Fsp3) is 0.583. The van der Waals surface area contributed by atoms with Crippen LogP contribution in [0.2, 0.25) is 0 Å². The summed E-state index contributed by atoms with van der Waals surface area (Å²) >= 11 is 1.68. The predicted octanol–water partition coefficient (Wildman–Crippen LogP) is 1.63. The van der Waals surface area contributed by atoms with Gasteiger partial charge in [-0.3, -0.25) is 9.69 Å². The molecule has 2 fully saturated rings. The van der Waals surface area contributed by atoms with Gasteiger partial charge in [-0.25, -0.2) is 0 Å². The number of thiophene rings is 1. The SMILES string of the molecule is O=C1NCCN(CC2CC2)C1c1cccs1. The Kier molecular flexibility index (Phi) is 2.69. The van der Waals surface area contributed by atoms with Crippen molar-refractivity contribution in [3.8, 4) is 0 Å². The average molecular weight is 236 g/mol. The lowest BCUT2D eigenvalue weighted by Crippen LogP contribution is -2.50. The third-order valence-corrected chi connectivity index (χ3v) is 4.24. The molecule has 2 aliphatic rings. The van der Waals surface area contributed by atoms with Gasteiger partial charge in [0.25, 0.3) is 0 Å². The zero-order valence-corrected chi connectivity index (χ0v) is 10.0. The summed E-state index contributed by atoms with van der Waals surface area (Å²) < 4.78 is 0. The van der Waals surface area contributed by atoms with Crippen molar-refractivity contribution in [2.24, 2.45) is 5.92 Å². The molecule has 3 rings (SSSR count). The largest absolute Gasteiger partial charge is 0.353 e. The van der Waals surface area contributed by atoms with Gasteiger partial charge in [0.1, 0.15) is 6.04 Å². The van der Waals surface area contributed by atoms with E-state index in [-0.39, 0.29) is 11.9 Å². The van der Waals surface area contributed by atoms with Crippen molar-refractivity contribution in [2.75, 3.05) is 19.6 Å². The Morgan fingerprint density at radius 3 is 3.06 bits per heavy atom. The van der Waals surface area contributed by atoms with E-state index in [1.165, 1.54) is 17.7 Å². The standard InChI is InChI=1S/C12H16N2OS/c15-12-11(10-2-1-7-16-10)14(6-5-13-12)8-9-3-4-9/h1-2,7,9,11H,3-6,8H2,(H,13,15). The summed E-state index contributed by atoms with van der Waals surface area (Å²) in [5, 5.41) is 5.02. The molecule has 1 aliphatic heterocycles. The zero-order chi connectivity index (χ0) is 11.0. The van der Waals surface area contributed by atoms with Gasteiger partial charge in [-0.1, -0.05) is 6.07 Å². The van der Waals surface area contributed by atoms with Crippen LogP contribution in [-0.2, 0) is 4.79 Å². The van der Waals surface area contributed by atoms with Crippen LogP contribution in [0, 0.1) is 5.92 Å². The normalized spacial score (nSPS) is 26.8. The van der Waals surface area contributed by atoms with Crippen molar-refractivity contribution in [3.05, 3.63) is 22.4 Å². The summed E-state index contributed by atoms with van der Waals surface area (Å²) in [6, 6.07) is 4.06. The molecule has 3 nitrogen and oxygen atoms in total. The molecule has 2 heterocycles. The predicted molar refractivity (Wildman–Crippen MR) is 64.4 cm³/mol.